The van der Waals surface area contributed by atoms with Crippen molar-refractivity contribution in [3.05, 3.63) is 0 Å². The van der Waals surface area contributed by atoms with Crippen LogP contribution in [0.25, 0.3) is 0 Å². The molecule has 3 heterocycles. The molecule has 16 heavy (non-hydrogen) atoms. The molecule has 0 spiro atoms. The molecular weight excluding hydrogens is 292 g/mol. The predicted molar refractivity (Wildman–Crippen MR) is 86.4 cm³/mol. The van der Waals surface area contributed by atoms with Crippen molar-refractivity contribution < 1.29 is 0 Å². The molecule has 0 nitrogen and oxygen atoms in total. The van der Waals surface area contributed by atoms with E-state index in [2.05, 4.69) is 58.8 Å². The predicted octanol–water partition coefficient (Wildman–Crippen LogP) is 4.25. The highest BCUT2D eigenvalue weighted by molar-refractivity contribution is 8.24. The quantitative estimate of drug-likeness (QED) is 0.670. The Morgan fingerprint density at radius 2 is 1.38 bits per heavy atom. The lowest BCUT2D eigenvalue weighted by molar-refractivity contribution is 0.730. The third-order valence-corrected chi connectivity index (χ3v) is 10.3. The Kier molecular flexibility index (Phi) is 5.00. The van der Waals surface area contributed by atoms with Crippen molar-refractivity contribution in [3.63, 3.8) is 0 Å². The topological polar surface area (TPSA) is 0 Å². The van der Waals surface area contributed by atoms with Crippen molar-refractivity contribution in [2.75, 3.05) is 23.0 Å². The first-order valence-corrected chi connectivity index (χ1v) is 11.2. The van der Waals surface area contributed by atoms with Crippen LogP contribution in [0.3, 0.4) is 0 Å². The highest BCUT2D eigenvalue weighted by atomic mass is 32.2. The summed E-state index contributed by atoms with van der Waals surface area (Å²) in [6, 6.07) is 0. The standard InChI is InChI=1S/C11H18S5/c1-2-10(14-6-8-4-12-8)16-11(3-1)15-7-9-5-13-9/h8-11H,1-7H2. The average molecular weight is 311 g/mol. The Morgan fingerprint density at radius 1 is 0.875 bits per heavy atom. The average Bonchev–Trinajstić information content (AvgIpc) is 3.17. The molecule has 3 fully saturated rings. The molecule has 0 N–H and O–H groups in total. The molecule has 3 saturated heterocycles. The van der Waals surface area contributed by atoms with Gasteiger partial charge in [-0.1, -0.05) is 0 Å². The van der Waals surface area contributed by atoms with E-state index in [0.717, 1.165) is 19.7 Å². The minimum atomic E-state index is 0.916. The van der Waals surface area contributed by atoms with Gasteiger partial charge in [-0.2, -0.15) is 23.5 Å². The Morgan fingerprint density at radius 3 is 1.81 bits per heavy atom. The highest BCUT2D eigenvalue weighted by Gasteiger charge is 2.29. The van der Waals surface area contributed by atoms with Crippen LogP contribution in [0.2, 0.25) is 0 Å². The largest absolute Gasteiger partial charge is 0.156 e. The molecule has 0 aliphatic carbocycles. The fraction of sp³-hybridized carbons (Fsp3) is 1.00. The van der Waals surface area contributed by atoms with Crippen LogP contribution in [0.15, 0.2) is 0 Å². The van der Waals surface area contributed by atoms with Crippen molar-refractivity contribution in [2.24, 2.45) is 0 Å². The van der Waals surface area contributed by atoms with Gasteiger partial charge in [0, 0.05) is 33.5 Å². The van der Waals surface area contributed by atoms with Crippen LogP contribution < -0.4 is 0 Å². The Hall–Kier alpha value is 1.75. The molecule has 0 radical (unpaired) electrons. The number of rotatable bonds is 6. The third kappa shape index (κ3) is 4.45. The molecule has 3 aliphatic heterocycles. The Balaban J connectivity index is 1.34. The van der Waals surface area contributed by atoms with E-state index in [4.69, 9.17) is 0 Å². The zero-order valence-electron chi connectivity index (χ0n) is 9.30. The molecule has 0 aromatic rings. The molecule has 5 heteroatoms. The number of thioether (sulfide) groups is 5. The molecular formula is C11H18S5. The summed E-state index contributed by atoms with van der Waals surface area (Å²) < 4.78 is 1.83. The van der Waals surface area contributed by atoms with Crippen molar-refractivity contribution in [2.45, 2.75) is 38.9 Å². The van der Waals surface area contributed by atoms with E-state index in [1.54, 1.807) is 0 Å². The first-order chi connectivity index (χ1) is 7.90. The number of hydrogen-bond donors (Lipinski definition) is 0. The van der Waals surface area contributed by atoms with Gasteiger partial charge in [-0.15, -0.1) is 35.3 Å². The van der Waals surface area contributed by atoms with Gasteiger partial charge in [0.05, 0.1) is 9.16 Å². The summed E-state index contributed by atoms with van der Waals surface area (Å²) in [4.78, 5) is 0. The summed E-state index contributed by atoms with van der Waals surface area (Å²) in [6.45, 7) is 0. The zero-order chi connectivity index (χ0) is 10.8. The van der Waals surface area contributed by atoms with E-state index in [1.807, 2.05) is 0 Å². The van der Waals surface area contributed by atoms with E-state index in [-0.39, 0.29) is 0 Å². The minimum absolute atomic E-state index is 0.916. The summed E-state index contributed by atoms with van der Waals surface area (Å²) in [5.41, 5.74) is 0. The van der Waals surface area contributed by atoms with Crippen LogP contribution in [0.4, 0.5) is 0 Å². The molecule has 3 aliphatic rings. The molecule has 0 bridgehead atoms. The van der Waals surface area contributed by atoms with E-state index in [0.29, 0.717) is 0 Å². The normalized spacial score (nSPS) is 42.0. The fourth-order valence-electron chi connectivity index (χ4n) is 1.76. The summed E-state index contributed by atoms with van der Waals surface area (Å²) >= 11 is 11.1. The van der Waals surface area contributed by atoms with Crippen LogP contribution in [-0.4, -0.2) is 42.7 Å². The SMILES string of the molecule is C1CC(SCC2CS2)SC(SCC2CS2)C1. The number of hydrogen-bond acceptors (Lipinski definition) is 5. The summed E-state index contributed by atoms with van der Waals surface area (Å²) in [6.07, 6.45) is 4.39. The van der Waals surface area contributed by atoms with Gasteiger partial charge in [0.1, 0.15) is 0 Å². The van der Waals surface area contributed by atoms with Crippen molar-refractivity contribution >= 4 is 58.8 Å². The second kappa shape index (κ2) is 6.27. The first-order valence-electron chi connectivity index (χ1n) is 6.02. The maximum atomic E-state index is 2.28. The van der Waals surface area contributed by atoms with Gasteiger partial charge in [-0.25, -0.2) is 0 Å². The summed E-state index contributed by atoms with van der Waals surface area (Å²) in [7, 11) is 0. The molecule has 0 amide bonds. The molecule has 0 aromatic carbocycles. The lowest BCUT2D eigenvalue weighted by Gasteiger charge is -2.27. The summed E-state index contributed by atoms with van der Waals surface area (Å²) in [5, 5.41) is 2.03. The van der Waals surface area contributed by atoms with Gasteiger partial charge in [0.15, 0.2) is 0 Å². The Bertz CT molecular complexity index is 204. The van der Waals surface area contributed by atoms with E-state index in [9.17, 15) is 0 Å². The van der Waals surface area contributed by atoms with Gasteiger partial charge >= 0.3 is 0 Å². The summed E-state index contributed by atoms with van der Waals surface area (Å²) in [5.74, 6) is 5.69. The van der Waals surface area contributed by atoms with Crippen molar-refractivity contribution in [3.8, 4) is 0 Å². The van der Waals surface area contributed by atoms with Gasteiger partial charge in [-0.05, 0) is 19.3 Å². The molecule has 3 rings (SSSR count). The van der Waals surface area contributed by atoms with Crippen molar-refractivity contribution in [1.82, 2.24) is 0 Å². The lowest BCUT2D eigenvalue weighted by Crippen LogP contribution is -2.14. The van der Waals surface area contributed by atoms with E-state index in [1.165, 1.54) is 42.3 Å². The third-order valence-electron chi connectivity index (χ3n) is 2.92. The maximum Gasteiger partial charge on any atom is 0.0514 e. The Labute approximate surface area is 120 Å². The van der Waals surface area contributed by atoms with Crippen LogP contribution >= 0.6 is 58.8 Å². The van der Waals surface area contributed by atoms with Gasteiger partial charge in [-0.3, -0.25) is 0 Å². The van der Waals surface area contributed by atoms with Gasteiger partial charge in [0.2, 0.25) is 0 Å². The van der Waals surface area contributed by atoms with Gasteiger partial charge in [0.25, 0.3) is 0 Å². The second-order valence-corrected chi connectivity index (χ2v) is 11.6. The van der Waals surface area contributed by atoms with Crippen LogP contribution in [0.5, 0.6) is 0 Å². The molecule has 0 saturated carbocycles. The molecule has 0 aromatic heterocycles. The van der Waals surface area contributed by atoms with Crippen LogP contribution in [0, 0.1) is 0 Å². The minimum Gasteiger partial charge on any atom is -0.156 e. The second-order valence-electron chi connectivity index (χ2n) is 4.50. The van der Waals surface area contributed by atoms with Crippen molar-refractivity contribution in [1.29, 1.82) is 0 Å². The van der Waals surface area contributed by atoms with E-state index < -0.39 is 0 Å². The smallest absolute Gasteiger partial charge is 0.0514 e. The van der Waals surface area contributed by atoms with E-state index >= 15 is 0 Å². The highest BCUT2D eigenvalue weighted by Crippen LogP contribution is 2.46. The monoisotopic (exact) mass is 310 g/mol. The fourth-order valence-corrected chi connectivity index (χ4v) is 8.63. The molecule has 4 atom stereocenters. The van der Waals surface area contributed by atoms with Gasteiger partial charge < -0.3 is 0 Å². The first kappa shape index (κ1) is 12.8. The molecule has 4 unspecified atom stereocenters. The van der Waals surface area contributed by atoms with Crippen LogP contribution in [0.1, 0.15) is 19.3 Å². The molecule has 92 valence electrons. The lowest BCUT2D eigenvalue weighted by atomic mass is 10.3. The van der Waals surface area contributed by atoms with Crippen LogP contribution in [-0.2, 0) is 0 Å². The zero-order valence-corrected chi connectivity index (χ0v) is 13.4. The maximum absolute atomic E-state index is 2.28.